The molecule has 1 heterocycles. The molecular weight excluding hydrogens is 350 g/mol. The minimum atomic E-state index is 0.646. The predicted octanol–water partition coefficient (Wildman–Crippen LogP) is 5.38. The highest BCUT2D eigenvalue weighted by Crippen LogP contribution is 2.28. The van der Waals surface area contributed by atoms with Crippen LogP contribution in [0.1, 0.15) is 16.7 Å². The topological polar surface area (TPSA) is 47.0 Å². The van der Waals surface area contributed by atoms with Gasteiger partial charge in [-0.2, -0.15) is 0 Å². The van der Waals surface area contributed by atoms with Gasteiger partial charge in [0.05, 0.1) is 6.61 Å². The number of hydrogen-bond donors (Lipinski definition) is 1. The van der Waals surface area contributed by atoms with Gasteiger partial charge >= 0.3 is 0 Å². The number of ether oxygens (including phenoxy) is 1. The number of hydrogen-bond acceptors (Lipinski definition) is 6. The third-order valence-corrected chi connectivity index (χ3v) is 5.70. The summed E-state index contributed by atoms with van der Waals surface area (Å²) in [5, 5.41) is 12.6. The first-order valence-corrected chi connectivity index (χ1v) is 9.90. The van der Waals surface area contributed by atoms with Crippen LogP contribution in [0.5, 0.6) is 5.75 Å². The van der Waals surface area contributed by atoms with Crippen LogP contribution in [-0.2, 0) is 0 Å². The molecule has 0 unspecified atom stereocenters. The molecule has 0 bridgehead atoms. The maximum Gasteiger partial charge on any atom is 0.210 e. The average molecular weight is 372 g/mol. The van der Waals surface area contributed by atoms with Crippen molar-refractivity contribution in [1.29, 1.82) is 0 Å². The van der Waals surface area contributed by atoms with Gasteiger partial charge < -0.3 is 10.1 Å². The number of nitrogens with one attached hydrogen (secondary N) is 1. The molecule has 130 valence electrons. The fourth-order valence-electron chi connectivity index (χ4n) is 2.18. The monoisotopic (exact) mass is 371 g/mol. The molecule has 0 saturated carbocycles. The first-order chi connectivity index (χ1) is 12.1. The van der Waals surface area contributed by atoms with Gasteiger partial charge in [-0.15, -0.1) is 10.2 Å². The van der Waals surface area contributed by atoms with E-state index in [9.17, 15) is 0 Å². The van der Waals surface area contributed by atoms with Gasteiger partial charge in [-0.25, -0.2) is 0 Å². The molecule has 0 spiro atoms. The van der Waals surface area contributed by atoms with Crippen molar-refractivity contribution in [3.8, 4) is 5.75 Å². The maximum absolute atomic E-state index is 5.73. The van der Waals surface area contributed by atoms with E-state index in [0.717, 1.165) is 26.7 Å². The number of anilines is 2. The molecule has 0 fully saturated rings. The number of aryl methyl sites for hydroxylation is 3. The summed E-state index contributed by atoms with van der Waals surface area (Å²) in [4.78, 5) is 0. The second-order valence-electron chi connectivity index (χ2n) is 5.81. The lowest BCUT2D eigenvalue weighted by molar-refractivity contribution is 0.344. The van der Waals surface area contributed by atoms with Crippen molar-refractivity contribution < 1.29 is 4.74 Å². The lowest BCUT2D eigenvalue weighted by Crippen LogP contribution is -1.99. The number of nitrogens with zero attached hydrogens (tertiary/aromatic N) is 2. The zero-order valence-electron chi connectivity index (χ0n) is 14.6. The lowest BCUT2D eigenvalue weighted by Gasteiger charge is -2.05. The lowest BCUT2D eigenvalue weighted by atomic mass is 10.1. The second-order valence-corrected chi connectivity index (χ2v) is 8.13. The smallest absolute Gasteiger partial charge is 0.210 e. The van der Waals surface area contributed by atoms with Crippen LogP contribution < -0.4 is 10.1 Å². The van der Waals surface area contributed by atoms with Gasteiger partial charge in [0.1, 0.15) is 5.75 Å². The van der Waals surface area contributed by atoms with E-state index in [-0.39, 0.29) is 0 Å². The first-order valence-electron chi connectivity index (χ1n) is 8.10. The quantitative estimate of drug-likeness (QED) is 0.446. The van der Waals surface area contributed by atoms with Crippen molar-refractivity contribution >= 4 is 33.9 Å². The number of rotatable bonds is 7. The van der Waals surface area contributed by atoms with Gasteiger partial charge in [-0.1, -0.05) is 46.9 Å². The standard InChI is InChI=1S/C19H21N3OS2/c1-13-4-8-17(9-5-13)23-10-11-24-19-22-21-18(25-19)20-16-7-6-14(2)15(3)12-16/h4-9,12H,10-11H2,1-3H3,(H,20,21). The van der Waals surface area contributed by atoms with Crippen molar-refractivity contribution in [3.63, 3.8) is 0 Å². The summed E-state index contributed by atoms with van der Waals surface area (Å²) >= 11 is 3.22. The van der Waals surface area contributed by atoms with Gasteiger partial charge in [0.15, 0.2) is 4.34 Å². The Balaban J connectivity index is 1.46. The van der Waals surface area contributed by atoms with Crippen molar-refractivity contribution in [2.75, 3.05) is 17.7 Å². The second kappa shape index (κ2) is 8.36. The van der Waals surface area contributed by atoms with Crippen LogP contribution >= 0.6 is 23.1 Å². The normalized spacial score (nSPS) is 10.7. The summed E-state index contributed by atoms with van der Waals surface area (Å²) in [7, 11) is 0. The first kappa shape index (κ1) is 17.8. The number of aromatic nitrogens is 2. The molecule has 0 saturated heterocycles. The largest absolute Gasteiger partial charge is 0.493 e. The Hall–Kier alpha value is -2.05. The molecule has 3 aromatic rings. The number of thioether (sulfide) groups is 1. The molecule has 25 heavy (non-hydrogen) atoms. The third-order valence-electron chi connectivity index (χ3n) is 3.76. The van der Waals surface area contributed by atoms with Crippen LogP contribution in [0.3, 0.4) is 0 Å². The molecule has 6 heteroatoms. The highest BCUT2D eigenvalue weighted by atomic mass is 32.2. The Labute approximate surface area is 156 Å². The zero-order valence-corrected chi connectivity index (χ0v) is 16.2. The zero-order chi connectivity index (χ0) is 17.6. The molecule has 1 N–H and O–H groups in total. The highest BCUT2D eigenvalue weighted by molar-refractivity contribution is 8.01. The van der Waals surface area contributed by atoms with E-state index >= 15 is 0 Å². The summed E-state index contributed by atoms with van der Waals surface area (Å²) < 4.78 is 6.67. The molecule has 0 atom stereocenters. The van der Waals surface area contributed by atoms with E-state index in [1.165, 1.54) is 16.7 Å². The molecule has 0 aliphatic rings. The van der Waals surface area contributed by atoms with E-state index in [1.54, 1.807) is 23.1 Å². The molecule has 3 rings (SSSR count). The average Bonchev–Trinajstić information content (AvgIpc) is 3.04. The van der Waals surface area contributed by atoms with Gasteiger partial charge in [0, 0.05) is 11.4 Å². The van der Waals surface area contributed by atoms with Crippen molar-refractivity contribution in [3.05, 3.63) is 59.2 Å². The van der Waals surface area contributed by atoms with E-state index < -0.39 is 0 Å². The highest BCUT2D eigenvalue weighted by Gasteiger charge is 2.06. The summed E-state index contributed by atoms with van der Waals surface area (Å²) in [5.41, 5.74) is 4.82. The van der Waals surface area contributed by atoms with E-state index in [4.69, 9.17) is 4.74 Å². The molecule has 0 radical (unpaired) electrons. The molecule has 2 aromatic carbocycles. The molecule has 0 aliphatic carbocycles. The Morgan fingerprint density at radius 3 is 2.56 bits per heavy atom. The SMILES string of the molecule is Cc1ccc(OCCSc2nnc(Nc3ccc(C)c(C)c3)s2)cc1. The Morgan fingerprint density at radius 2 is 1.80 bits per heavy atom. The van der Waals surface area contributed by atoms with Gasteiger partial charge in [-0.05, 0) is 56.2 Å². The minimum Gasteiger partial charge on any atom is -0.493 e. The van der Waals surface area contributed by atoms with Gasteiger partial charge in [0.25, 0.3) is 0 Å². The molecule has 4 nitrogen and oxygen atoms in total. The van der Waals surface area contributed by atoms with E-state index in [0.29, 0.717) is 6.61 Å². The summed E-state index contributed by atoms with van der Waals surface area (Å²) in [6.07, 6.45) is 0. The Kier molecular flexibility index (Phi) is 5.94. The number of benzene rings is 2. The van der Waals surface area contributed by atoms with E-state index in [2.05, 4.69) is 66.6 Å². The minimum absolute atomic E-state index is 0.646. The Bertz CT molecular complexity index is 831. The van der Waals surface area contributed by atoms with E-state index in [1.807, 2.05) is 12.1 Å². The summed E-state index contributed by atoms with van der Waals surface area (Å²) in [5.74, 6) is 1.74. The van der Waals surface area contributed by atoms with Crippen LogP contribution in [0, 0.1) is 20.8 Å². The van der Waals surface area contributed by atoms with Crippen molar-refractivity contribution in [1.82, 2.24) is 10.2 Å². The molecule has 0 aliphatic heterocycles. The van der Waals surface area contributed by atoms with Crippen molar-refractivity contribution in [2.45, 2.75) is 25.1 Å². The fraction of sp³-hybridized carbons (Fsp3) is 0.263. The summed E-state index contributed by atoms with van der Waals surface area (Å²) in [6.45, 7) is 6.93. The van der Waals surface area contributed by atoms with Crippen LogP contribution in [0.15, 0.2) is 46.8 Å². The Morgan fingerprint density at radius 1 is 1.00 bits per heavy atom. The van der Waals surface area contributed by atoms with Gasteiger partial charge in [-0.3, -0.25) is 0 Å². The maximum atomic E-state index is 5.73. The van der Waals surface area contributed by atoms with Crippen LogP contribution in [0.25, 0.3) is 0 Å². The molecule has 0 amide bonds. The van der Waals surface area contributed by atoms with Crippen LogP contribution in [0.4, 0.5) is 10.8 Å². The van der Waals surface area contributed by atoms with Crippen LogP contribution in [-0.4, -0.2) is 22.6 Å². The molecular formula is C19H21N3OS2. The van der Waals surface area contributed by atoms with Crippen LogP contribution in [0.2, 0.25) is 0 Å². The summed E-state index contributed by atoms with van der Waals surface area (Å²) in [6, 6.07) is 14.4. The molecule has 1 aromatic heterocycles. The fourth-order valence-corrected chi connectivity index (χ4v) is 3.84. The predicted molar refractivity (Wildman–Crippen MR) is 107 cm³/mol. The van der Waals surface area contributed by atoms with Gasteiger partial charge in [0.2, 0.25) is 5.13 Å². The van der Waals surface area contributed by atoms with Crippen molar-refractivity contribution in [2.24, 2.45) is 0 Å². The third kappa shape index (κ3) is 5.21.